The van der Waals surface area contributed by atoms with Crippen molar-refractivity contribution in [3.8, 4) is 28.8 Å². The average molecular weight is 643 g/mol. The fourth-order valence-electron chi connectivity index (χ4n) is 8.34. The van der Waals surface area contributed by atoms with E-state index in [0.717, 1.165) is 66.2 Å². The van der Waals surface area contributed by atoms with Crippen molar-refractivity contribution in [1.29, 1.82) is 5.26 Å². The number of nitrogens with one attached hydrogen (secondary N) is 2. The topological polar surface area (TPSA) is 85.4 Å². The maximum atomic E-state index is 9.33. The smallest absolute Gasteiger partial charge is 0.231 e. The van der Waals surface area contributed by atoms with Crippen molar-refractivity contribution in [2.24, 2.45) is 16.3 Å². The Morgan fingerprint density at radius 2 is 1.77 bits per heavy atom. The minimum absolute atomic E-state index is 0.00942. The molecule has 1 aliphatic carbocycles. The second kappa shape index (κ2) is 13.2. The van der Waals surface area contributed by atoms with Crippen molar-refractivity contribution in [1.82, 2.24) is 10.3 Å². The number of ether oxygens (including phenoxy) is 2. The van der Waals surface area contributed by atoms with Gasteiger partial charge in [-0.2, -0.15) is 5.26 Å². The molecular weight excluding hydrogens is 594 g/mol. The highest BCUT2D eigenvalue weighted by molar-refractivity contribution is 6.01. The van der Waals surface area contributed by atoms with Crippen molar-refractivity contribution >= 4 is 17.0 Å². The van der Waals surface area contributed by atoms with E-state index in [1.54, 1.807) is 0 Å². The number of hydrogen-bond acceptors (Lipinski definition) is 5. The molecule has 4 atom stereocenters. The van der Waals surface area contributed by atoms with Gasteiger partial charge < -0.3 is 19.8 Å². The van der Waals surface area contributed by atoms with Crippen LogP contribution in [0.4, 0.5) is 0 Å². The molecule has 4 heterocycles. The van der Waals surface area contributed by atoms with Crippen LogP contribution in [0.25, 0.3) is 16.8 Å². The van der Waals surface area contributed by atoms with Crippen LogP contribution in [0.3, 0.4) is 0 Å². The normalized spacial score (nSPS) is 26.1. The molecule has 7 nitrogen and oxygen atoms in total. The fraction of sp³-hybridized carbons (Fsp3) is 0.439. The Kier molecular flexibility index (Phi) is 8.87. The molecule has 0 spiro atoms. The van der Waals surface area contributed by atoms with Crippen molar-refractivity contribution in [3.63, 3.8) is 0 Å². The number of aliphatic imine (C=N–C) groups is 1. The maximum Gasteiger partial charge on any atom is 0.231 e. The van der Waals surface area contributed by atoms with Crippen LogP contribution in [-0.2, 0) is 0 Å². The number of hydrogen-bond donors (Lipinski definition) is 2. The second-order valence-electron chi connectivity index (χ2n) is 14.5. The molecule has 3 aromatic rings. The quantitative estimate of drug-likeness (QED) is 0.279. The zero-order chi connectivity index (χ0) is 33.4. The summed E-state index contributed by atoms with van der Waals surface area (Å²) in [5, 5.41) is 13.2. The number of fused-ring (bicyclic) bond motifs is 2. The molecule has 4 aliphatic rings. The van der Waals surface area contributed by atoms with Gasteiger partial charge in [0.05, 0.1) is 17.2 Å². The largest absolute Gasteiger partial charge is 0.454 e. The minimum Gasteiger partial charge on any atom is -0.454 e. The van der Waals surface area contributed by atoms with Crippen molar-refractivity contribution in [2.75, 3.05) is 20.4 Å². The molecule has 2 N–H and O–H groups in total. The van der Waals surface area contributed by atoms with Crippen molar-refractivity contribution in [3.05, 3.63) is 88.9 Å². The highest BCUT2D eigenvalue weighted by atomic mass is 16.7. The molecule has 0 radical (unpaired) electrons. The number of aromatic amines is 1. The summed E-state index contributed by atoms with van der Waals surface area (Å²) in [4.78, 5) is 9.25. The third-order valence-corrected chi connectivity index (χ3v) is 11.2. The fourth-order valence-corrected chi connectivity index (χ4v) is 8.34. The summed E-state index contributed by atoms with van der Waals surface area (Å²) < 4.78 is 13.7. The van der Waals surface area contributed by atoms with E-state index in [4.69, 9.17) is 14.5 Å². The predicted molar refractivity (Wildman–Crippen MR) is 193 cm³/mol. The zero-order valence-electron chi connectivity index (χ0n) is 29.0. The maximum absolute atomic E-state index is 9.33. The van der Waals surface area contributed by atoms with Crippen LogP contribution in [0.1, 0.15) is 101 Å². The molecule has 1 aromatic heterocycles. The zero-order valence-corrected chi connectivity index (χ0v) is 29.0. The number of benzene rings is 2. The highest BCUT2D eigenvalue weighted by Gasteiger charge is 2.38. The molecule has 48 heavy (non-hydrogen) atoms. The standard InChI is InChI=1S/C41H47N5O2/c1-26-9-8-20-46(5)40(33-22-34(45-39(26)33)30-13-11-29(23-42)12-14-30)31-10-6-7-18-41(4,19-17-31)37-24-43-27(2)38(28(3)44-37)32-15-16-35-36(21-32)48-25-47-35/h8,11-16,20-22,26-27,31,43H,6-7,9-10,17-19,24-25H2,1-5H3/p+1. The summed E-state index contributed by atoms with van der Waals surface area (Å²) in [6.07, 6.45) is 12.5. The van der Waals surface area contributed by atoms with E-state index in [-0.39, 0.29) is 18.2 Å². The first kappa shape index (κ1) is 32.2. The Bertz CT molecular complexity index is 1870. The number of nitrogens with zero attached hydrogens (tertiary/aromatic N) is 3. The van der Waals surface area contributed by atoms with Crippen LogP contribution < -0.4 is 14.8 Å². The first-order chi connectivity index (χ1) is 23.2. The van der Waals surface area contributed by atoms with Gasteiger partial charge in [0.1, 0.15) is 7.05 Å². The van der Waals surface area contributed by atoms with E-state index in [1.807, 2.05) is 18.2 Å². The number of rotatable bonds is 4. The van der Waals surface area contributed by atoms with Gasteiger partial charge in [0.2, 0.25) is 6.79 Å². The average Bonchev–Trinajstić information content (AvgIpc) is 3.70. The molecule has 0 amide bonds. The van der Waals surface area contributed by atoms with Gasteiger partial charge in [0.25, 0.3) is 0 Å². The molecule has 1 saturated carbocycles. The molecule has 2 aromatic carbocycles. The molecule has 4 unspecified atom stereocenters. The molecular formula is C41H48N5O2+. The third-order valence-electron chi connectivity index (χ3n) is 11.2. The van der Waals surface area contributed by atoms with Gasteiger partial charge in [-0.05, 0) is 99.1 Å². The summed E-state index contributed by atoms with van der Waals surface area (Å²) in [5.41, 5.74) is 11.7. The monoisotopic (exact) mass is 642 g/mol. The van der Waals surface area contributed by atoms with E-state index in [9.17, 15) is 5.26 Å². The summed E-state index contributed by atoms with van der Waals surface area (Å²) in [5.74, 6) is 2.43. The molecule has 7 rings (SSSR count). The van der Waals surface area contributed by atoms with E-state index < -0.39 is 0 Å². The molecule has 7 heteroatoms. The number of allylic oxidation sites excluding steroid dienone is 2. The summed E-state index contributed by atoms with van der Waals surface area (Å²) in [6, 6.07) is 19.0. The Morgan fingerprint density at radius 3 is 2.58 bits per heavy atom. The van der Waals surface area contributed by atoms with Crippen LogP contribution in [-0.4, -0.2) is 47.4 Å². The first-order valence-corrected chi connectivity index (χ1v) is 17.7. The predicted octanol–water partition coefficient (Wildman–Crippen LogP) is 8.57. The van der Waals surface area contributed by atoms with Crippen LogP contribution in [0.15, 0.2) is 71.5 Å². The van der Waals surface area contributed by atoms with Gasteiger partial charge >= 0.3 is 0 Å². The summed E-state index contributed by atoms with van der Waals surface area (Å²) in [7, 11) is 2.23. The lowest BCUT2D eigenvalue weighted by molar-refractivity contribution is -0.425. The minimum atomic E-state index is 0.00942. The summed E-state index contributed by atoms with van der Waals surface area (Å²) in [6.45, 7) is 10.3. The molecule has 248 valence electrons. The Balaban J connectivity index is 1.20. The molecule has 1 fully saturated rings. The van der Waals surface area contributed by atoms with Crippen LogP contribution in [0, 0.1) is 22.7 Å². The third kappa shape index (κ3) is 6.15. The van der Waals surface area contributed by atoms with Gasteiger partial charge in [-0.15, -0.1) is 0 Å². The first-order valence-electron chi connectivity index (χ1n) is 17.7. The van der Waals surface area contributed by atoms with E-state index in [2.05, 4.69) is 98.3 Å². The lowest BCUT2D eigenvalue weighted by Crippen LogP contribution is -2.40. The van der Waals surface area contributed by atoms with Crippen LogP contribution in [0.5, 0.6) is 11.5 Å². The van der Waals surface area contributed by atoms with Crippen LogP contribution >= 0.6 is 0 Å². The highest BCUT2D eigenvalue weighted by Crippen LogP contribution is 2.42. The van der Waals surface area contributed by atoms with Gasteiger partial charge in [-0.25, -0.2) is 4.58 Å². The summed E-state index contributed by atoms with van der Waals surface area (Å²) >= 11 is 0. The Morgan fingerprint density at radius 1 is 0.979 bits per heavy atom. The van der Waals surface area contributed by atoms with E-state index in [0.29, 0.717) is 17.4 Å². The van der Waals surface area contributed by atoms with Crippen LogP contribution in [0.2, 0.25) is 0 Å². The number of nitriles is 1. The Hall–Kier alpha value is -4.41. The molecule has 0 bridgehead atoms. The van der Waals surface area contributed by atoms with E-state index in [1.165, 1.54) is 47.5 Å². The van der Waals surface area contributed by atoms with Gasteiger partial charge in [0.15, 0.2) is 23.4 Å². The van der Waals surface area contributed by atoms with Gasteiger partial charge in [-0.1, -0.05) is 44.9 Å². The van der Waals surface area contributed by atoms with E-state index >= 15 is 0 Å². The van der Waals surface area contributed by atoms with Crippen molar-refractivity contribution in [2.45, 2.75) is 84.6 Å². The number of H-pyrrole nitrogens is 1. The lowest BCUT2D eigenvalue weighted by Gasteiger charge is -2.35. The second-order valence-corrected chi connectivity index (χ2v) is 14.5. The SMILES string of the molecule is CC1=C(c2ccc3c(c2)OCO3)C(C)NCC(C2(C)CCCCC(C3=[N+](C)C=CCC(C)c4[nH]c(-c5ccc(C#N)cc5)cc43)CC2)=N1. The Labute approximate surface area is 285 Å². The van der Waals surface area contributed by atoms with Crippen molar-refractivity contribution < 1.29 is 14.0 Å². The number of aromatic nitrogens is 1. The molecule has 0 saturated heterocycles. The van der Waals surface area contributed by atoms with Gasteiger partial charge in [0, 0.05) is 52.6 Å². The molecule has 3 aliphatic heterocycles. The lowest BCUT2D eigenvalue weighted by atomic mass is 9.70. The van der Waals surface area contributed by atoms with Gasteiger partial charge in [-0.3, -0.25) is 4.99 Å².